The number of hydrogen-bond acceptors (Lipinski definition) is 11. The van der Waals surface area contributed by atoms with Gasteiger partial charge in [0.15, 0.2) is 11.6 Å². The average Bonchev–Trinajstić information content (AvgIpc) is 3.49. The van der Waals surface area contributed by atoms with E-state index in [1.165, 1.54) is 38.1 Å². The SMILES string of the molecule is Cc1ccc(C(=O)N/C(N)=C/C(=N)C(C)(C)C)cc1Nc1ncnc2c(N)nc(N3CCN(C4CCCC4)CC3)nc12. The molecule has 0 atom stereocenters. The third-order valence-corrected chi connectivity index (χ3v) is 8.05. The number of fused-ring (bicyclic) bond motifs is 1. The first-order chi connectivity index (χ1) is 20.0. The Morgan fingerprint density at radius 2 is 1.79 bits per heavy atom. The number of allylic oxidation sites excluding steroid dienone is 1. The topological polar surface area (TPSA) is 175 Å². The molecule has 1 saturated heterocycles. The van der Waals surface area contributed by atoms with Gasteiger partial charge in [-0.15, -0.1) is 0 Å². The van der Waals surface area contributed by atoms with Crippen molar-refractivity contribution < 1.29 is 4.79 Å². The summed E-state index contributed by atoms with van der Waals surface area (Å²) in [6.07, 6.45) is 8.12. The van der Waals surface area contributed by atoms with E-state index in [9.17, 15) is 4.79 Å². The number of anilines is 4. The Kier molecular flexibility index (Phi) is 8.26. The summed E-state index contributed by atoms with van der Waals surface area (Å²) < 4.78 is 0. The van der Waals surface area contributed by atoms with Gasteiger partial charge in [0.2, 0.25) is 5.95 Å². The molecule has 0 radical (unpaired) electrons. The summed E-state index contributed by atoms with van der Waals surface area (Å²) in [6.45, 7) is 11.3. The van der Waals surface area contributed by atoms with Crippen LogP contribution >= 0.6 is 0 Å². The molecule has 1 aliphatic heterocycles. The number of hydrogen-bond donors (Lipinski definition) is 5. The molecule has 42 heavy (non-hydrogen) atoms. The second-order valence-electron chi connectivity index (χ2n) is 12.2. The van der Waals surface area contributed by atoms with E-state index in [4.69, 9.17) is 21.9 Å². The Balaban J connectivity index is 1.36. The molecule has 1 aliphatic carbocycles. The van der Waals surface area contributed by atoms with Crippen LogP contribution < -0.4 is 27.0 Å². The second kappa shape index (κ2) is 11.9. The van der Waals surface area contributed by atoms with Crippen molar-refractivity contribution in [2.75, 3.05) is 42.1 Å². The van der Waals surface area contributed by atoms with E-state index in [2.05, 4.69) is 35.4 Å². The van der Waals surface area contributed by atoms with Gasteiger partial charge in [0.1, 0.15) is 23.2 Å². The maximum absolute atomic E-state index is 13.0. The standard InChI is InChI=1S/C30H41N11O/c1-18-9-10-19(28(42)37-23(32)16-22(31)30(2,3)4)15-21(18)36-27-25-24(34-17-35-27)26(33)39-29(38-25)41-13-11-40(12-14-41)20-7-5-6-8-20/h9-10,15-17,20,31H,5-8,11-14,32H2,1-4H3,(H,37,42)(H2,33,38,39)(H,34,35,36)/b23-16+,31-22?. The maximum Gasteiger partial charge on any atom is 0.256 e. The van der Waals surface area contributed by atoms with Crippen molar-refractivity contribution in [2.24, 2.45) is 11.1 Å². The zero-order chi connectivity index (χ0) is 30.0. The van der Waals surface area contributed by atoms with E-state index in [1.807, 2.05) is 33.8 Å². The second-order valence-corrected chi connectivity index (χ2v) is 12.2. The number of benzene rings is 1. The summed E-state index contributed by atoms with van der Waals surface area (Å²) in [5.74, 6) is 1.06. The van der Waals surface area contributed by atoms with Crippen molar-refractivity contribution >= 4 is 45.9 Å². The van der Waals surface area contributed by atoms with Gasteiger partial charge >= 0.3 is 0 Å². The van der Waals surface area contributed by atoms with Crippen LogP contribution in [0.15, 0.2) is 36.4 Å². The molecule has 2 aromatic heterocycles. The van der Waals surface area contributed by atoms with Crippen LogP contribution in [-0.4, -0.2) is 68.7 Å². The molecule has 7 N–H and O–H groups in total. The fourth-order valence-electron chi connectivity index (χ4n) is 5.38. The number of nitrogen functional groups attached to an aromatic ring is 1. The molecule has 222 valence electrons. The quantitative estimate of drug-likeness (QED) is 0.263. The summed E-state index contributed by atoms with van der Waals surface area (Å²) in [6, 6.07) is 5.99. The van der Waals surface area contributed by atoms with Gasteiger partial charge in [0, 0.05) is 54.6 Å². The van der Waals surface area contributed by atoms with Gasteiger partial charge in [-0.1, -0.05) is 39.7 Å². The molecule has 0 unspecified atom stereocenters. The molecule has 12 nitrogen and oxygen atoms in total. The van der Waals surface area contributed by atoms with Crippen molar-refractivity contribution in [3.8, 4) is 0 Å². The van der Waals surface area contributed by atoms with E-state index in [-0.39, 0.29) is 17.1 Å². The first-order valence-corrected chi connectivity index (χ1v) is 14.5. The lowest BCUT2D eigenvalue weighted by Crippen LogP contribution is -2.50. The van der Waals surface area contributed by atoms with E-state index in [0.29, 0.717) is 51.6 Å². The number of amides is 1. The number of nitrogens with zero attached hydrogens (tertiary/aromatic N) is 6. The minimum absolute atomic E-state index is 0.112. The molecule has 5 rings (SSSR count). The summed E-state index contributed by atoms with van der Waals surface area (Å²) in [4.78, 5) is 36.0. The highest BCUT2D eigenvalue weighted by Gasteiger charge is 2.27. The van der Waals surface area contributed by atoms with Crippen molar-refractivity contribution in [3.63, 3.8) is 0 Å². The molecule has 3 aromatic rings. The molecule has 2 fully saturated rings. The third-order valence-electron chi connectivity index (χ3n) is 8.05. The Labute approximate surface area is 246 Å². The van der Waals surface area contributed by atoms with Gasteiger partial charge in [-0.25, -0.2) is 15.0 Å². The largest absolute Gasteiger partial charge is 0.385 e. The van der Waals surface area contributed by atoms with E-state index in [0.717, 1.165) is 31.7 Å². The molecule has 0 bridgehead atoms. The smallest absolute Gasteiger partial charge is 0.256 e. The van der Waals surface area contributed by atoms with Crippen LogP contribution in [-0.2, 0) is 0 Å². The average molecular weight is 572 g/mol. The predicted molar refractivity (Wildman–Crippen MR) is 167 cm³/mol. The zero-order valence-electron chi connectivity index (χ0n) is 24.9. The highest BCUT2D eigenvalue weighted by atomic mass is 16.1. The Morgan fingerprint density at radius 1 is 1.07 bits per heavy atom. The van der Waals surface area contributed by atoms with Crippen LogP contribution in [0.4, 0.5) is 23.3 Å². The number of aryl methyl sites for hydroxylation is 1. The van der Waals surface area contributed by atoms with Crippen molar-refractivity contribution in [1.29, 1.82) is 5.41 Å². The van der Waals surface area contributed by atoms with Gasteiger partial charge < -0.3 is 32.4 Å². The number of carbonyl (C=O) groups is 1. The lowest BCUT2D eigenvalue weighted by Gasteiger charge is -2.38. The van der Waals surface area contributed by atoms with Gasteiger partial charge in [0.05, 0.1) is 0 Å². The third kappa shape index (κ3) is 6.43. The molecule has 1 aromatic carbocycles. The number of nitrogens with one attached hydrogen (secondary N) is 3. The highest BCUT2D eigenvalue weighted by Crippen LogP contribution is 2.29. The zero-order valence-corrected chi connectivity index (χ0v) is 24.9. The molecule has 0 spiro atoms. The van der Waals surface area contributed by atoms with Crippen molar-refractivity contribution in [3.05, 3.63) is 47.6 Å². The minimum atomic E-state index is -0.383. The maximum atomic E-state index is 13.0. The van der Waals surface area contributed by atoms with Crippen LogP contribution in [0.5, 0.6) is 0 Å². The Bertz CT molecular complexity index is 1510. The lowest BCUT2D eigenvalue weighted by atomic mass is 9.90. The Morgan fingerprint density at radius 3 is 2.48 bits per heavy atom. The minimum Gasteiger partial charge on any atom is -0.385 e. The fraction of sp³-hybridized carbons (Fsp3) is 0.467. The van der Waals surface area contributed by atoms with Gasteiger partial charge in [-0.05, 0) is 43.5 Å². The summed E-state index contributed by atoms with van der Waals surface area (Å²) in [7, 11) is 0. The van der Waals surface area contributed by atoms with Crippen LogP contribution in [0.2, 0.25) is 0 Å². The molecular formula is C30H41N11O. The number of piperazine rings is 1. The van der Waals surface area contributed by atoms with Crippen LogP contribution in [0.1, 0.15) is 62.4 Å². The van der Waals surface area contributed by atoms with E-state index < -0.39 is 0 Å². The first kappa shape index (κ1) is 29.2. The normalized spacial score (nSPS) is 17.0. The number of aromatic nitrogens is 4. The molecule has 3 heterocycles. The van der Waals surface area contributed by atoms with Gasteiger partial charge in [0.25, 0.3) is 5.91 Å². The van der Waals surface area contributed by atoms with E-state index in [1.54, 1.807) is 12.1 Å². The number of nitrogens with two attached hydrogens (primary N) is 2. The monoisotopic (exact) mass is 571 g/mol. The fourth-order valence-corrected chi connectivity index (χ4v) is 5.38. The molecule has 12 heteroatoms. The van der Waals surface area contributed by atoms with Crippen LogP contribution in [0, 0.1) is 17.7 Å². The van der Waals surface area contributed by atoms with Gasteiger partial charge in [-0.2, -0.15) is 4.98 Å². The summed E-state index contributed by atoms with van der Waals surface area (Å²) in [5, 5.41) is 14.2. The lowest BCUT2D eigenvalue weighted by molar-refractivity contribution is 0.0965. The molecule has 1 amide bonds. The number of carbonyl (C=O) groups excluding carboxylic acids is 1. The van der Waals surface area contributed by atoms with Crippen LogP contribution in [0.3, 0.4) is 0 Å². The Hall–Kier alpha value is -4.32. The first-order valence-electron chi connectivity index (χ1n) is 14.5. The van der Waals surface area contributed by atoms with Crippen LogP contribution in [0.25, 0.3) is 11.0 Å². The van der Waals surface area contributed by atoms with E-state index >= 15 is 0 Å². The summed E-state index contributed by atoms with van der Waals surface area (Å²) >= 11 is 0. The highest BCUT2D eigenvalue weighted by molar-refractivity contribution is 6.00. The number of rotatable bonds is 7. The van der Waals surface area contributed by atoms with Crippen molar-refractivity contribution in [2.45, 2.75) is 59.4 Å². The molecule has 1 saturated carbocycles. The molecular weight excluding hydrogens is 530 g/mol. The predicted octanol–water partition coefficient (Wildman–Crippen LogP) is 3.71. The summed E-state index contributed by atoms with van der Waals surface area (Å²) in [5.41, 5.74) is 15.3. The van der Waals surface area contributed by atoms with Crippen molar-refractivity contribution in [1.82, 2.24) is 30.2 Å². The van der Waals surface area contributed by atoms with Gasteiger partial charge in [-0.3, -0.25) is 9.69 Å². The molecule has 2 aliphatic rings.